The van der Waals surface area contributed by atoms with Crippen LogP contribution in [0, 0.1) is 5.92 Å². The molecule has 1 saturated carbocycles. The molecule has 1 heterocycles. The van der Waals surface area contributed by atoms with Gasteiger partial charge in [-0.1, -0.05) is 25.3 Å². The second-order valence-electron chi connectivity index (χ2n) is 4.77. The predicted octanol–water partition coefficient (Wildman–Crippen LogP) is 2.75. The maximum Gasteiger partial charge on any atom is 0.0299 e. The first kappa shape index (κ1) is 12.1. The second kappa shape index (κ2) is 6.38. The Labute approximate surface area is 102 Å². The normalized spacial score (nSPS) is 26.6. The van der Waals surface area contributed by atoms with Gasteiger partial charge in [-0.25, -0.2) is 0 Å². The molecule has 0 saturated heterocycles. The van der Waals surface area contributed by atoms with E-state index >= 15 is 0 Å². The monoisotopic (exact) mass is 238 g/mol. The molecule has 0 amide bonds. The lowest BCUT2D eigenvalue weighted by Crippen LogP contribution is -2.36. The Hall–Kier alpha value is -0.380. The van der Waals surface area contributed by atoms with Crippen molar-refractivity contribution in [3.8, 4) is 0 Å². The van der Waals surface area contributed by atoms with Gasteiger partial charge in [0, 0.05) is 17.5 Å². The van der Waals surface area contributed by atoms with Gasteiger partial charge in [-0.3, -0.25) is 0 Å². The fourth-order valence-electron chi connectivity index (χ4n) is 2.46. The van der Waals surface area contributed by atoms with Crippen LogP contribution in [0.4, 0.5) is 0 Å². The lowest BCUT2D eigenvalue weighted by molar-refractivity contribution is 0.375. The van der Waals surface area contributed by atoms with Gasteiger partial charge in [0.25, 0.3) is 0 Å². The molecule has 2 unspecified atom stereocenters. The first-order chi connectivity index (χ1) is 7.86. The van der Waals surface area contributed by atoms with Gasteiger partial charge in [0.15, 0.2) is 0 Å². The molecular formula is C13H22N2S. The number of hydrogen-bond acceptors (Lipinski definition) is 3. The van der Waals surface area contributed by atoms with Crippen LogP contribution in [0.2, 0.25) is 0 Å². The van der Waals surface area contributed by atoms with E-state index in [0.717, 1.165) is 13.1 Å². The molecule has 2 nitrogen and oxygen atoms in total. The number of nitrogens with one attached hydrogen (secondary N) is 1. The maximum atomic E-state index is 6.20. The van der Waals surface area contributed by atoms with Crippen molar-refractivity contribution < 1.29 is 0 Å². The van der Waals surface area contributed by atoms with Crippen LogP contribution in [0.5, 0.6) is 0 Å². The molecule has 1 aliphatic carbocycles. The predicted molar refractivity (Wildman–Crippen MR) is 70.6 cm³/mol. The van der Waals surface area contributed by atoms with E-state index in [0.29, 0.717) is 12.0 Å². The van der Waals surface area contributed by atoms with E-state index in [4.69, 9.17) is 5.73 Å². The average molecular weight is 238 g/mol. The quantitative estimate of drug-likeness (QED) is 0.792. The lowest BCUT2D eigenvalue weighted by Gasteiger charge is -2.21. The highest BCUT2D eigenvalue weighted by Gasteiger charge is 2.19. The molecule has 0 bridgehead atoms. The summed E-state index contributed by atoms with van der Waals surface area (Å²) in [4.78, 5) is 1.42. The van der Waals surface area contributed by atoms with Gasteiger partial charge in [-0.15, -0.1) is 11.3 Å². The van der Waals surface area contributed by atoms with Crippen molar-refractivity contribution in [2.24, 2.45) is 11.7 Å². The minimum atomic E-state index is 0.415. The summed E-state index contributed by atoms with van der Waals surface area (Å²) in [5.74, 6) is 0.683. The molecule has 90 valence electrons. The molecule has 1 aromatic rings. The van der Waals surface area contributed by atoms with Crippen molar-refractivity contribution in [3.63, 3.8) is 0 Å². The van der Waals surface area contributed by atoms with E-state index in [-0.39, 0.29) is 0 Å². The van der Waals surface area contributed by atoms with Crippen molar-refractivity contribution >= 4 is 11.3 Å². The van der Waals surface area contributed by atoms with Crippen LogP contribution in [0.25, 0.3) is 0 Å². The van der Waals surface area contributed by atoms with E-state index < -0.39 is 0 Å². The zero-order valence-corrected chi connectivity index (χ0v) is 10.6. The topological polar surface area (TPSA) is 38.0 Å². The van der Waals surface area contributed by atoms with Gasteiger partial charge in [0.2, 0.25) is 0 Å². The zero-order chi connectivity index (χ0) is 11.2. The van der Waals surface area contributed by atoms with Crippen molar-refractivity contribution in [2.75, 3.05) is 6.54 Å². The Morgan fingerprint density at radius 1 is 1.31 bits per heavy atom. The summed E-state index contributed by atoms with van der Waals surface area (Å²) in [6, 6.07) is 4.71. The molecule has 0 radical (unpaired) electrons. The molecule has 2 rings (SSSR count). The second-order valence-corrected chi connectivity index (χ2v) is 5.80. The van der Waals surface area contributed by atoms with Gasteiger partial charge >= 0.3 is 0 Å². The maximum absolute atomic E-state index is 6.20. The summed E-state index contributed by atoms with van der Waals surface area (Å²) in [5, 5.41) is 5.68. The number of hydrogen-bond donors (Lipinski definition) is 2. The standard InChI is InChI=1S/C13H22N2S/c14-13-7-3-1-2-5-11(13)9-15-10-12-6-4-8-16-12/h4,6,8,11,13,15H,1-3,5,7,9-10,14H2. The molecular weight excluding hydrogens is 216 g/mol. The molecule has 1 fully saturated rings. The van der Waals surface area contributed by atoms with Crippen LogP contribution in [-0.4, -0.2) is 12.6 Å². The van der Waals surface area contributed by atoms with Crippen molar-refractivity contribution in [3.05, 3.63) is 22.4 Å². The lowest BCUT2D eigenvalue weighted by atomic mass is 9.95. The number of rotatable bonds is 4. The molecule has 0 aliphatic heterocycles. The summed E-state index contributed by atoms with van der Waals surface area (Å²) in [6.07, 6.45) is 6.57. The number of thiophene rings is 1. The molecule has 1 aromatic heterocycles. The third-order valence-corrected chi connectivity index (χ3v) is 4.38. The molecule has 2 atom stereocenters. The van der Waals surface area contributed by atoms with Gasteiger partial charge in [0.05, 0.1) is 0 Å². The average Bonchev–Trinajstić information content (AvgIpc) is 2.71. The summed E-state index contributed by atoms with van der Waals surface area (Å²) < 4.78 is 0. The Bertz CT molecular complexity index is 284. The first-order valence-corrected chi connectivity index (χ1v) is 7.23. The van der Waals surface area contributed by atoms with Crippen LogP contribution in [0.15, 0.2) is 17.5 Å². The van der Waals surface area contributed by atoms with E-state index in [1.807, 2.05) is 11.3 Å². The molecule has 16 heavy (non-hydrogen) atoms. The summed E-state index contributed by atoms with van der Waals surface area (Å²) >= 11 is 1.82. The van der Waals surface area contributed by atoms with Gasteiger partial charge in [0.1, 0.15) is 0 Å². The molecule has 0 aromatic carbocycles. The fraction of sp³-hybridized carbons (Fsp3) is 0.692. The Balaban J connectivity index is 1.71. The van der Waals surface area contributed by atoms with E-state index in [1.165, 1.54) is 37.0 Å². The molecule has 3 N–H and O–H groups in total. The minimum absolute atomic E-state index is 0.415. The minimum Gasteiger partial charge on any atom is -0.327 e. The molecule has 3 heteroatoms. The van der Waals surface area contributed by atoms with Gasteiger partial charge < -0.3 is 11.1 Å². The SMILES string of the molecule is NC1CCCCCC1CNCc1cccs1. The summed E-state index contributed by atoms with van der Waals surface area (Å²) in [6.45, 7) is 2.08. The Kier molecular flexibility index (Phi) is 4.82. The van der Waals surface area contributed by atoms with Gasteiger partial charge in [-0.05, 0) is 36.8 Å². The Morgan fingerprint density at radius 2 is 2.19 bits per heavy atom. The van der Waals surface area contributed by atoms with Crippen LogP contribution in [0.3, 0.4) is 0 Å². The number of nitrogens with two attached hydrogens (primary N) is 1. The van der Waals surface area contributed by atoms with E-state index in [1.54, 1.807) is 0 Å². The first-order valence-electron chi connectivity index (χ1n) is 6.35. The van der Waals surface area contributed by atoms with Crippen LogP contribution < -0.4 is 11.1 Å². The highest BCUT2D eigenvalue weighted by Crippen LogP contribution is 2.21. The Morgan fingerprint density at radius 3 is 3.00 bits per heavy atom. The van der Waals surface area contributed by atoms with Crippen molar-refractivity contribution in [1.29, 1.82) is 0 Å². The molecule has 0 spiro atoms. The molecule has 1 aliphatic rings. The van der Waals surface area contributed by atoms with Crippen LogP contribution in [-0.2, 0) is 6.54 Å². The summed E-state index contributed by atoms with van der Waals surface area (Å²) in [5.41, 5.74) is 6.20. The van der Waals surface area contributed by atoms with Crippen LogP contribution >= 0.6 is 11.3 Å². The summed E-state index contributed by atoms with van der Waals surface area (Å²) in [7, 11) is 0. The smallest absolute Gasteiger partial charge is 0.0299 e. The van der Waals surface area contributed by atoms with Crippen molar-refractivity contribution in [1.82, 2.24) is 5.32 Å². The van der Waals surface area contributed by atoms with E-state index in [2.05, 4.69) is 22.8 Å². The highest BCUT2D eigenvalue weighted by atomic mass is 32.1. The third-order valence-electron chi connectivity index (χ3n) is 3.50. The third kappa shape index (κ3) is 3.58. The van der Waals surface area contributed by atoms with E-state index in [9.17, 15) is 0 Å². The van der Waals surface area contributed by atoms with Crippen LogP contribution in [0.1, 0.15) is 37.0 Å². The largest absolute Gasteiger partial charge is 0.327 e. The fourth-order valence-corrected chi connectivity index (χ4v) is 3.13. The highest BCUT2D eigenvalue weighted by molar-refractivity contribution is 7.09. The van der Waals surface area contributed by atoms with Gasteiger partial charge in [-0.2, -0.15) is 0 Å². The van der Waals surface area contributed by atoms with Crippen molar-refractivity contribution in [2.45, 2.75) is 44.7 Å². The zero-order valence-electron chi connectivity index (χ0n) is 9.82.